The van der Waals surface area contributed by atoms with Gasteiger partial charge >= 0.3 is 0 Å². The minimum atomic E-state index is -1.12. The van der Waals surface area contributed by atoms with Crippen molar-refractivity contribution in [3.8, 4) is 11.3 Å². The van der Waals surface area contributed by atoms with Crippen molar-refractivity contribution < 1.29 is 18.9 Å². The molecule has 10 nitrogen and oxygen atoms in total. The van der Waals surface area contributed by atoms with Gasteiger partial charge in [0.1, 0.15) is 17.6 Å². The van der Waals surface area contributed by atoms with Crippen LogP contribution in [0.25, 0.3) is 11.3 Å². The summed E-state index contributed by atoms with van der Waals surface area (Å²) in [7, 11) is 0. The number of rotatable bonds is 9. The zero-order chi connectivity index (χ0) is 28.1. The summed E-state index contributed by atoms with van der Waals surface area (Å²) in [6.45, 7) is 4.05. The Morgan fingerprint density at radius 2 is 1.80 bits per heavy atom. The number of hydrogen-bond donors (Lipinski definition) is 3. The van der Waals surface area contributed by atoms with Gasteiger partial charge in [-0.1, -0.05) is 65.8 Å². The van der Waals surface area contributed by atoms with Crippen LogP contribution in [0.5, 0.6) is 0 Å². The quantitative estimate of drug-likeness (QED) is 0.293. The molecule has 4 aromatic rings. The van der Waals surface area contributed by atoms with Gasteiger partial charge in [-0.3, -0.25) is 14.4 Å². The highest BCUT2D eigenvalue weighted by Crippen LogP contribution is 2.32. The highest BCUT2D eigenvalue weighted by molar-refractivity contribution is 5.97. The van der Waals surface area contributed by atoms with Crippen molar-refractivity contribution in [2.45, 2.75) is 51.2 Å². The number of imidazole rings is 1. The summed E-state index contributed by atoms with van der Waals surface area (Å²) in [6.07, 6.45) is 3.22. The highest BCUT2D eigenvalue weighted by atomic mass is 16.5. The van der Waals surface area contributed by atoms with E-state index in [9.17, 15) is 14.4 Å². The van der Waals surface area contributed by atoms with Gasteiger partial charge in [0, 0.05) is 12.6 Å². The molecule has 0 radical (unpaired) electrons. The molecule has 1 saturated heterocycles. The van der Waals surface area contributed by atoms with E-state index in [1.54, 1.807) is 24.9 Å². The smallest absolute Gasteiger partial charge is 0.274 e. The first kappa shape index (κ1) is 26.9. The van der Waals surface area contributed by atoms with Crippen molar-refractivity contribution >= 4 is 17.7 Å². The molecule has 1 aliphatic heterocycles. The molecule has 3 atom stereocenters. The number of nitrogens with zero attached hydrogens (tertiary/aromatic N) is 3. The number of aromatic amines is 1. The molecule has 3 heterocycles. The second kappa shape index (κ2) is 12.0. The molecular weight excluding hydrogens is 508 g/mol. The van der Waals surface area contributed by atoms with E-state index in [0.29, 0.717) is 18.1 Å². The number of carbonyl (C=O) groups excluding carboxylic acids is 3. The van der Waals surface area contributed by atoms with Crippen LogP contribution in [0, 0.1) is 6.92 Å². The third-order valence-electron chi connectivity index (χ3n) is 7.07. The second-order valence-corrected chi connectivity index (χ2v) is 9.99. The highest BCUT2D eigenvalue weighted by Gasteiger charge is 2.34. The molecule has 0 aliphatic carbocycles. The third kappa shape index (κ3) is 6.12. The number of nitrogens with one attached hydrogen (secondary N) is 3. The van der Waals surface area contributed by atoms with Crippen molar-refractivity contribution in [1.29, 1.82) is 0 Å². The summed E-state index contributed by atoms with van der Waals surface area (Å²) in [5.74, 6) is -0.282. The van der Waals surface area contributed by atoms with Crippen LogP contribution >= 0.6 is 0 Å². The van der Waals surface area contributed by atoms with E-state index >= 15 is 0 Å². The van der Waals surface area contributed by atoms with Gasteiger partial charge in [0.05, 0.1) is 30.4 Å². The fraction of sp³-hybridized carbons (Fsp3) is 0.300. The van der Waals surface area contributed by atoms with Gasteiger partial charge in [0.2, 0.25) is 11.8 Å². The van der Waals surface area contributed by atoms with Crippen LogP contribution in [0.15, 0.2) is 77.4 Å². The SMILES string of the molecule is Cc1cc(C(=O)NC(CC(=O)N2CCC[C@@H]2c2ccccc2)C(=O)NC(C)c2ncc(-c3ccccc3)[nH]2)no1. The Kier molecular flexibility index (Phi) is 8.04. The molecule has 2 aromatic heterocycles. The largest absolute Gasteiger partial charge is 0.361 e. The molecule has 3 amide bonds. The standard InChI is InChI=1S/C30H32N6O4/c1-19-16-24(35-40-19)30(39)34-23(17-27(37)36-15-9-14-26(36)22-12-7-4-8-13-22)29(38)32-20(2)28-31-18-25(33-28)21-10-5-3-6-11-21/h3-8,10-13,16,18,20,23,26H,9,14-15,17H2,1-2H3,(H,31,33)(H,32,38)(H,34,39)/t20?,23?,26-/m1/s1. The molecule has 5 rings (SSSR count). The lowest BCUT2D eigenvalue weighted by Crippen LogP contribution is -2.50. The van der Waals surface area contributed by atoms with Crippen molar-refractivity contribution in [3.05, 3.63) is 95.8 Å². The number of carbonyl (C=O) groups is 3. The molecule has 40 heavy (non-hydrogen) atoms. The number of amides is 3. The average Bonchev–Trinajstić information content (AvgIpc) is 3.74. The van der Waals surface area contributed by atoms with Gasteiger partial charge < -0.3 is 25.0 Å². The summed E-state index contributed by atoms with van der Waals surface area (Å²) in [6, 6.07) is 19.4. The summed E-state index contributed by atoms with van der Waals surface area (Å²) in [5.41, 5.74) is 2.88. The van der Waals surface area contributed by atoms with E-state index in [2.05, 4.69) is 25.8 Å². The Balaban J connectivity index is 1.31. The summed E-state index contributed by atoms with van der Waals surface area (Å²) in [5, 5.41) is 9.34. The van der Waals surface area contributed by atoms with Gasteiger partial charge in [-0.15, -0.1) is 0 Å². The molecule has 3 N–H and O–H groups in total. The van der Waals surface area contributed by atoms with E-state index < -0.39 is 23.9 Å². The minimum Gasteiger partial charge on any atom is -0.361 e. The second-order valence-electron chi connectivity index (χ2n) is 9.99. The summed E-state index contributed by atoms with van der Waals surface area (Å²) >= 11 is 0. The maximum Gasteiger partial charge on any atom is 0.274 e. The van der Waals surface area contributed by atoms with Gasteiger partial charge in [0.25, 0.3) is 5.91 Å². The molecular formula is C30H32N6O4. The Bertz CT molecular complexity index is 1470. The fourth-order valence-electron chi connectivity index (χ4n) is 5.00. The zero-order valence-corrected chi connectivity index (χ0v) is 22.5. The van der Waals surface area contributed by atoms with Crippen LogP contribution in [-0.4, -0.2) is 50.3 Å². The monoisotopic (exact) mass is 540 g/mol. The molecule has 1 fully saturated rings. The zero-order valence-electron chi connectivity index (χ0n) is 22.5. The van der Waals surface area contributed by atoms with E-state index in [0.717, 1.165) is 29.7 Å². The number of H-pyrrole nitrogens is 1. The van der Waals surface area contributed by atoms with E-state index in [4.69, 9.17) is 4.52 Å². The predicted molar refractivity (Wildman–Crippen MR) is 148 cm³/mol. The van der Waals surface area contributed by atoms with Crippen molar-refractivity contribution in [2.75, 3.05) is 6.54 Å². The van der Waals surface area contributed by atoms with Crippen LogP contribution in [0.1, 0.15) is 65.9 Å². The van der Waals surface area contributed by atoms with Crippen LogP contribution in [0.4, 0.5) is 0 Å². The Morgan fingerprint density at radius 1 is 1.07 bits per heavy atom. The average molecular weight is 541 g/mol. The molecule has 1 aliphatic rings. The summed E-state index contributed by atoms with van der Waals surface area (Å²) in [4.78, 5) is 49.4. The molecule has 10 heteroatoms. The summed E-state index contributed by atoms with van der Waals surface area (Å²) < 4.78 is 5.02. The lowest BCUT2D eigenvalue weighted by Gasteiger charge is -2.27. The molecule has 2 aromatic carbocycles. The lowest BCUT2D eigenvalue weighted by molar-refractivity contribution is -0.135. The van der Waals surface area contributed by atoms with E-state index in [1.165, 1.54) is 6.07 Å². The number of hydrogen-bond acceptors (Lipinski definition) is 6. The van der Waals surface area contributed by atoms with E-state index in [1.807, 2.05) is 60.7 Å². The molecule has 0 bridgehead atoms. The first-order valence-electron chi connectivity index (χ1n) is 13.4. The van der Waals surface area contributed by atoms with Crippen molar-refractivity contribution in [2.24, 2.45) is 0 Å². The number of benzene rings is 2. The first-order chi connectivity index (χ1) is 19.4. The topological polar surface area (TPSA) is 133 Å². The molecule has 0 saturated carbocycles. The third-order valence-corrected chi connectivity index (χ3v) is 7.07. The van der Waals surface area contributed by atoms with E-state index in [-0.39, 0.29) is 24.1 Å². The maximum absolute atomic E-state index is 13.5. The van der Waals surface area contributed by atoms with Gasteiger partial charge in [0.15, 0.2) is 5.69 Å². The molecule has 0 spiro atoms. The number of aromatic nitrogens is 3. The van der Waals surface area contributed by atoms with Crippen LogP contribution in [-0.2, 0) is 9.59 Å². The van der Waals surface area contributed by atoms with Gasteiger partial charge in [-0.2, -0.15) is 0 Å². The van der Waals surface area contributed by atoms with Crippen LogP contribution in [0.2, 0.25) is 0 Å². The predicted octanol–water partition coefficient (Wildman–Crippen LogP) is 4.10. The fourth-order valence-corrected chi connectivity index (χ4v) is 5.00. The number of aryl methyl sites for hydroxylation is 1. The van der Waals surface area contributed by atoms with Crippen LogP contribution < -0.4 is 10.6 Å². The Morgan fingerprint density at radius 3 is 2.50 bits per heavy atom. The Hall–Kier alpha value is -4.73. The lowest BCUT2D eigenvalue weighted by atomic mass is 10.0. The maximum atomic E-state index is 13.5. The molecule has 2 unspecified atom stereocenters. The minimum absolute atomic E-state index is 0.0395. The van der Waals surface area contributed by atoms with Crippen molar-refractivity contribution in [3.63, 3.8) is 0 Å². The van der Waals surface area contributed by atoms with Gasteiger partial charge in [-0.25, -0.2) is 4.98 Å². The first-order valence-corrected chi connectivity index (χ1v) is 13.4. The number of likely N-dealkylation sites (tertiary alicyclic amines) is 1. The molecule has 206 valence electrons. The van der Waals surface area contributed by atoms with Gasteiger partial charge in [-0.05, 0) is 37.8 Å². The Labute approximate surface area is 232 Å². The normalized spacial score (nSPS) is 16.4. The van der Waals surface area contributed by atoms with Crippen LogP contribution in [0.3, 0.4) is 0 Å². The van der Waals surface area contributed by atoms with Crippen molar-refractivity contribution in [1.82, 2.24) is 30.7 Å².